The first-order valence-electron chi connectivity index (χ1n) is 8.98. The van der Waals surface area contributed by atoms with Gasteiger partial charge in [-0.05, 0) is 51.8 Å². The second-order valence-corrected chi connectivity index (χ2v) is 8.47. The molecule has 0 radical (unpaired) electrons. The predicted octanol–water partition coefficient (Wildman–Crippen LogP) is 1.50. The number of rotatable bonds is 6. The van der Waals surface area contributed by atoms with Crippen molar-refractivity contribution in [1.82, 2.24) is 14.9 Å². The van der Waals surface area contributed by atoms with Gasteiger partial charge in [-0.15, -0.1) is 0 Å². The zero-order chi connectivity index (χ0) is 19.3. The standard InChI is InChI=1S/C18H27N3O4S/c1-4-19-17(22)14(3)20-18(23)15-9-7-10-16(12-15)26(24,25)21-11-6-5-8-13(21)2/h7,9-10,12-14H,4-6,8,11H2,1-3H3,(H,19,22)(H,20,23)/t13-,14+/m0/s1. The Morgan fingerprint density at radius 3 is 2.69 bits per heavy atom. The molecule has 2 atom stereocenters. The lowest BCUT2D eigenvalue weighted by Gasteiger charge is -2.32. The number of piperidine rings is 1. The van der Waals surface area contributed by atoms with E-state index in [9.17, 15) is 18.0 Å². The van der Waals surface area contributed by atoms with Gasteiger partial charge in [0, 0.05) is 24.7 Å². The summed E-state index contributed by atoms with van der Waals surface area (Å²) in [6.45, 7) is 6.25. The third kappa shape index (κ3) is 4.62. The van der Waals surface area contributed by atoms with Crippen LogP contribution in [0, 0.1) is 0 Å². The van der Waals surface area contributed by atoms with Gasteiger partial charge in [0.1, 0.15) is 6.04 Å². The fourth-order valence-electron chi connectivity index (χ4n) is 3.03. The van der Waals surface area contributed by atoms with Crippen LogP contribution in [-0.4, -0.2) is 49.7 Å². The molecule has 7 nitrogen and oxygen atoms in total. The van der Waals surface area contributed by atoms with E-state index < -0.39 is 22.0 Å². The van der Waals surface area contributed by atoms with E-state index in [0.717, 1.165) is 19.3 Å². The summed E-state index contributed by atoms with van der Waals surface area (Å²) in [7, 11) is -3.65. The van der Waals surface area contributed by atoms with E-state index >= 15 is 0 Å². The first-order valence-corrected chi connectivity index (χ1v) is 10.4. The van der Waals surface area contributed by atoms with E-state index in [1.54, 1.807) is 26.0 Å². The molecule has 1 aromatic rings. The van der Waals surface area contributed by atoms with Crippen LogP contribution in [0.25, 0.3) is 0 Å². The van der Waals surface area contributed by atoms with Gasteiger partial charge < -0.3 is 10.6 Å². The Labute approximate surface area is 155 Å². The van der Waals surface area contributed by atoms with E-state index in [0.29, 0.717) is 13.1 Å². The van der Waals surface area contributed by atoms with Crippen molar-refractivity contribution in [3.05, 3.63) is 29.8 Å². The quantitative estimate of drug-likeness (QED) is 0.781. The minimum Gasteiger partial charge on any atom is -0.355 e. The maximum absolute atomic E-state index is 12.9. The number of likely N-dealkylation sites (N-methyl/N-ethyl adjacent to an activating group) is 1. The zero-order valence-corrected chi connectivity index (χ0v) is 16.3. The van der Waals surface area contributed by atoms with Crippen molar-refractivity contribution in [1.29, 1.82) is 0 Å². The molecule has 0 spiro atoms. The monoisotopic (exact) mass is 381 g/mol. The highest BCUT2D eigenvalue weighted by molar-refractivity contribution is 7.89. The Bertz CT molecular complexity index is 763. The molecule has 0 aliphatic carbocycles. The summed E-state index contributed by atoms with van der Waals surface area (Å²) < 4.78 is 27.3. The second-order valence-electron chi connectivity index (χ2n) is 6.58. The Morgan fingerprint density at radius 2 is 2.04 bits per heavy atom. The minimum atomic E-state index is -3.65. The molecule has 2 rings (SSSR count). The van der Waals surface area contributed by atoms with Crippen LogP contribution < -0.4 is 10.6 Å². The van der Waals surface area contributed by atoms with Gasteiger partial charge in [-0.1, -0.05) is 12.5 Å². The average molecular weight is 381 g/mol. The maximum atomic E-state index is 12.9. The molecule has 8 heteroatoms. The molecule has 26 heavy (non-hydrogen) atoms. The smallest absolute Gasteiger partial charge is 0.251 e. The molecule has 2 amide bonds. The van der Waals surface area contributed by atoms with Crippen molar-refractivity contribution >= 4 is 21.8 Å². The lowest BCUT2D eigenvalue weighted by atomic mass is 10.1. The number of benzene rings is 1. The summed E-state index contributed by atoms with van der Waals surface area (Å²) in [5.74, 6) is -0.765. The largest absolute Gasteiger partial charge is 0.355 e. The van der Waals surface area contributed by atoms with Gasteiger partial charge in [0.05, 0.1) is 4.90 Å². The Hall–Kier alpha value is -1.93. The van der Waals surface area contributed by atoms with Gasteiger partial charge in [0.25, 0.3) is 5.91 Å². The summed E-state index contributed by atoms with van der Waals surface area (Å²) in [5.41, 5.74) is 0.215. The molecule has 1 aliphatic heterocycles. The molecule has 2 N–H and O–H groups in total. The lowest BCUT2D eigenvalue weighted by Crippen LogP contribution is -2.44. The predicted molar refractivity (Wildman–Crippen MR) is 99.3 cm³/mol. The van der Waals surface area contributed by atoms with Gasteiger partial charge in [-0.3, -0.25) is 9.59 Å². The summed E-state index contributed by atoms with van der Waals surface area (Å²) in [6.07, 6.45) is 2.70. The molecule has 1 saturated heterocycles. The van der Waals surface area contributed by atoms with Crippen LogP contribution >= 0.6 is 0 Å². The molecule has 1 aromatic carbocycles. The maximum Gasteiger partial charge on any atom is 0.251 e. The summed E-state index contributed by atoms with van der Waals surface area (Å²) >= 11 is 0. The fraction of sp³-hybridized carbons (Fsp3) is 0.556. The molecule has 0 bridgehead atoms. The van der Waals surface area contributed by atoms with Crippen LogP contribution in [0.2, 0.25) is 0 Å². The van der Waals surface area contributed by atoms with Gasteiger partial charge in [-0.25, -0.2) is 8.42 Å². The van der Waals surface area contributed by atoms with Gasteiger partial charge in [-0.2, -0.15) is 4.31 Å². The number of hydrogen-bond acceptors (Lipinski definition) is 4. The van der Waals surface area contributed by atoms with Crippen LogP contribution in [0.1, 0.15) is 50.4 Å². The Morgan fingerprint density at radius 1 is 1.31 bits per heavy atom. The normalized spacial score (nSPS) is 19.6. The van der Waals surface area contributed by atoms with Crippen molar-refractivity contribution in [2.45, 2.75) is 57.0 Å². The minimum absolute atomic E-state index is 0.0519. The van der Waals surface area contributed by atoms with E-state index in [1.807, 2.05) is 6.92 Å². The first-order chi connectivity index (χ1) is 12.3. The lowest BCUT2D eigenvalue weighted by molar-refractivity contribution is -0.122. The topological polar surface area (TPSA) is 95.6 Å². The number of sulfonamides is 1. The molecule has 1 fully saturated rings. The van der Waals surface area contributed by atoms with E-state index in [-0.39, 0.29) is 22.4 Å². The highest BCUT2D eigenvalue weighted by Crippen LogP contribution is 2.25. The third-order valence-electron chi connectivity index (χ3n) is 4.54. The molecule has 0 unspecified atom stereocenters. The number of nitrogens with one attached hydrogen (secondary N) is 2. The molecule has 144 valence electrons. The van der Waals surface area contributed by atoms with Crippen molar-refractivity contribution in [3.8, 4) is 0 Å². The summed E-state index contributed by atoms with van der Waals surface area (Å²) in [5, 5.41) is 5.22. The third-order valence-corrected chi connectivity index (χ3v) is 6.55. The van der Waals surface area contributed by atoms with Crippen molar-refractivity contribution < 1.29 is 18.0 Å². The molecule has 0 aromatic heterocycles. The fourth-order valence-corrected chi connectivity index (χ4v) is 4.78. The Balaban J connectivity index is 2.19. The van der Waals surface area contributed by atoms with E-state index in [4.69, 9.17) is 0 Å². The van der Waals surface area contributed by atoms with Crippen LogP contribution in [0.3, 0.4) is 0 Å². The number of carbonyl (C=O) groups excluding carboxylic acids is 2. The number of hydrogen-bond donors (Lipinski definition) is 2. The summed E-state index contributed by atoms with van der Waals surface area (Å²) in [6, 6.07) is 5.21. The van der Waals surface area contributed by atoms with Crippen molar-refractivity contribution in [2.75, 3.05) is 13.1 Å². The highest BCUT2D eigenvalue weighted by atomic mass is 32.2. The van der Waals surface area contributed by atoms with E-state index in [1.165, 1.54) is 16.4 Å². The second kappa shape index (κ2) is 8.64. The zero-order valence-electron chi connectivity index (χ0n) is 15.5. The Kier molecular flexibility index (Phi) is 6.77. The SMILES string of the molecule is CCNC(=O)[C@@H](C)NC(=O)c1cccc(S(=O)(=O)N2CCCC[C@@H]2C)c1. The van der Waals surface area contributed by atoms with Crippen molar-refractivity contribution in [2.24, 2.45) is 0 Å². The molecule has 1 aliphatic rings. The molecular formula is C18H27N3O4S. The molecule has 1 heterocycles. The summed E-state index contributed by atoms with van der Waals surface area (Å²) in [4.78, 5) is 24.2. The molecular weight excluding hydrogens is 354 g/mol. The number of amides is 2. The number of carbonyl (C=O) groups is 2. The van der Waals surface area contributed by atoms with Crippen LogP contribution in [0.15, 0.2) is 29.2 Å². The van der Waals surface area contributed by atoms with Crippen molar-refractivity contribution in [3.63, 3.8) is 0 Å². The highest BCUT2D eigenvalue weighted by Gasteiger charge is 2.31. The van der Waals surface area contributed by atoms with Gasteiger partial charge in [0.15, 0.2) is 0 Å². The first kappa shape index (κ1) is 20.4. The van der Waals surface area contributed by atoms with Crippen LogP contribution in [0.4, 0.5) is 0 Å². The van der Waals surface area contributed by atoms with E-state index in [2.05, 4.69) is 10.6 Å². The van der Waals surface area contributed by atoms with Crippen LogP contribution in [-0.2, 0) is 14.8 Å². The number of nitrogens with zero attached hydrogens (tertiary/aromatic N) is 1. The van der Waals surface area contributed by atoms with Gasteiger partial charge in [0.2, 0.25) is 15.9 Å². The van der Waals surface area contributed by atoms with Crippen LogP contribution in [0.5, 0.6) is 0 Å². The van der Waals surface area contributed by atoms with Gasteiger partial charge >= 0.3 is 0 Å². The average Bonchev–Trinajstić information content (AvgIpc) is 2.62. The molecule has 0 saturated carbocycles.